The van der Waals surface area contributed by atoms with E-state index in [2.05, 4.69) is 38.2 Å². The van der Waals surface area contributed by atoms with E-state index < -0.39 is 6.10 Å². The zero-order valence-corrected chi connectivity index (χ0v) is 58.2. The van der Waals surface area contributed by atoms with Gasteiger partial charge in [-0.25, -0.2) is 0 Å². The number of hydrogen-bond donors (Lipinski definition) is 1. The molecule has 504 valence electrons. The van der Waals surface area contributed by atoms with Crippen LogP contribution in [0.3, 0.4) is 0 Å². The molecule has 0 saturated heterocycles. The number of hydrogen-bond acceptors (Lipinski definition) is 5. The van der Waals surface area contributed by atoms with Crippen LogP contribution in [-0.2, 0) is 19.1 Å². The molecule has 0 bridgehead atoms. The Labute approximate surface area is 534 Å². The summed E-state index contributed by atoms with van der Waals surface area (Å²) in [6, 6.07) is 0. The van der Waals surface area contributed by atoms with Gasteiger partial charge in [-0.1, -0.05) is 423 Å². The second-order valence-electron chi connectivity index (χ2n) is 27.2. The van der Waals surface area contributed by atoms with Gasteiger partial charge in [0.15, 0.2) is 6.10 Å². The molecule has 0 saturated carbocycles. The van der Waals surface area contributed by atoms with Gasteiger partial charge in [0, 0.05) is 12.8 Å². The zero-order valence-electron chi connectivity index (χ0n) is 58.2. The van der Waals surface area contributed by atoms with Crippen molar-refractivity contribution in [1.29, 1.82) is 0 Å². The molecule has 0 aromatic rings. The third-order valence-electron chi connectivity index (χ3n) is 18.5. The number of esters is 2. The van der Waals surface area contributed by atoms with Crippen LogP contribution in [0.2, 0.25) is 0 Å². The Morgan fingerprint density at radius 1 is 0.271 bits per heavy atom. The van der Waals surface area contributed by atoms with Gasteiger partial charge in [0.2, 0.25) is 0 Å². The third kappa shape index (κ3) is 74.8. The number of aliphatic hydroxyl groups excluding tert-OH is 1. The van der Waals surface area contributed by atoms with Crippen LogP contribution in [0.25, 0.3) is 0 Å². The maximum Gasteiger partial charge on any atom is 0.306 e. The number of carbonyl (C=O) groups is 2. The lowest BCUT2D eigenvalue weighted by molar-refractivity contribution is -0.161. The van der Waals surface area contributed by atoms with Crippen molar-refractivity contribution in [3.8, 4) is 0 Å². The first-order valence-electron chi connectivity index (χ1n) is 39.4. The topological polar surface area (TPSA) is 72.8 Å². The summed E-state index contributed by atoms with van der Waals surface area (Å²) < 4.78 is 10.8. The molecule has 0 aromatic carbocycles. The van der Waals surface area contributed by atoms with E-state index in [1.165, 1.54) is 392 Å². The Bertz CT molecular complexity index is 1310. The Balaban J connectivity index is 3.35. The fourth-order valence-corrected chi connectivity index (χ4v) is 12.6. The quantitative estimate of drug-likeness (QED) is 0.0373. The molecule has 0 radical (unpaired) electrons. The molecular formula is C80H154O5. The lowest BCUT2D eigenvalue weighted by atomic mass is 10.0. The predicted molar refractivity (Wildman–Crippen MR) is 376 cm³/mol. The number of carbonyl (C=O) groups excluding carboxylic acids is 2. The van der Waals surface area contributed by atoms with E-state index in [0.717, 1.165) is 38.5 Å². The first-order valence-corrected chi connectivity index (χ1v) is 39.4. The van der Waals surface area contributed by atoms with Crippen LogP contribution < -0.4 is 0 Å². The van der Waals surface area contributed by atoms with Crippen molar-refractivity contribution >= 4 is 11.9 Å². The van der Waals surface area contributed by atoms with E-state index in [0.29, 0.717) is 12.8 Å². The van der Waals surface area contributed by atoms with E-state index in [-0.39, 0.29) is 25.2 Å². The molecule has 0 fully saturated rings. The SMILES string of the molecule is CCCCCCC/C=C\C/C=C\CCCCCCCCCCCCCCCCCCCCCCCCCC(=O)OC(CO)COC(=O)CCCCCCCCCCCCCCCCCCCCCCCCCCCCCCCCCCCCCC. The number of allylic oxidation sites excluding steroid dienone is 4. The Kier molecular flexibility index (Phi) is 75.2. The van der Waals surface area contributed by atoms with Gasteiger partial charge in [-0.2, -0.15) is 0 Å². The summed E-state index contributed by atoms with van der Waals surface area (Å²) in [5.74, 6) is -0.559. The first kappa shape index (κ1) is 83.4. The van der Waals surface area contributed by atoms with Crippen LogP contribution in [0.1, 0.15) is 457 Å². The van der Waals surface area contributed by atoms with Crippen molar-refractivity contribution in [1.82, 2.24) is 0 Å². The maximum absolute atomic E-state index is 12.4. The minimum absolute atomic E-state index is 0.0571. The first-order chi connectivity index (χ1) is 42.1. The zero-order chi connectivity index (χ0) is 61.2. The largest absolute Gasteiger partial charge is 0.462 e. The molecule has 0 amide bonds. The highest BCUT2D eigenvalue weighted by Gasteiger charge is 2.16. The van der Waals surface area contributed by atoms with Crippen LogP contribution >= 0.6 is 0 Å². The highest BCUT2D eigenvalue weighted by atomic mass is 16.6. The number of aliphatic hydroxyl groups is 1. The van der Waals surface area contributed by atoms with Crippen molar-refractivity contribution in [3.05, 3.63) is 24.3 Å². The summed E-state index contributed by atoms with van der Waals surface area (Å²) in [7, 11) is 0. The van der Waals surface area contributed by atoms with Gasteiger partial charge in [0.1, 0.15) is 6.61 Å². The summed E-state index contributed by atoms with van der Waals surface area (Å²) in [4.78, 5) is 24.7. The van der Waals surface area contributed by atoms with Crippen LogP contribution in [0.15, 0.2) is 24.3 Å². The molecule has 5 nitrogen and oxygen atoms in total. The summed E-state index contributed by atoms with van der Waals surface area (Å²) in [5, 5.41) is 9.72. The van der Waals surface area contributed by atoms with Gasteiger partial charge >= 0.3 is 11.9 Å². The summed E-state index contributed by atoms with van der Waals surface area (Å²) in [5.41, 5.74) is 0. The molecule has 0 aliphatic rings. The monoisotopic (exact) mass is 1200 g/mol. The van der Waals surface area contributed by atoms with E-state index in [1.54, 1.807) is 0 Å². The Hall–Kier alpha value is -1.62. The lowest BCUT2D eigenvalue weighted by Gasteiger charge is -2.15. The second-order valence-corrected chi connectivity index (χ2v) is 27.2. The van der Waals surface area contributed by atoms with E-state index in [1.807, 2.05) is 0 Å². The van der Waals surface area contributed by atoms with Crippen molar-refractivity contribution in [3.63, 3.8) is 0 Å². The fraction of sp³-hybridized carbons (Fsp3) is 0.925. The fourth-order valence-electron chi connectivity index (χ4n) is 12.6. The summed E-state index contributed by atoms with van der Waals surface area (Å²) in [6.07, 6.45) is 101. The van der Waals surface area contributed by atoms with Gasteiger partial charge in [-0.15, -0.1) is 0 Å². The van der Waals surface area contributed by atoms with Crippen LogP contribution in [0.5, 0.6) is 0 Å². The molecule has 0 aliphatic carbocycles. The van der Waals surface area contributed by atoms with E-state index in [4.69, 9.17) is 9.47 Å². The van der Waals surface area contributed by atoms with Crippen molar-refractivity contribution in [2.45, 2.75) is 463 Å². The average Bonchev–Trinajstić information content (AvgIpc) is 3.52. The van der Waals surface area contributed by atoms with Crippen molar-refractivity contribution < 1.29 is 24.2 Å². The molecule has 0 aliphatic heterocycles. The number of ether oxygens (including phenoxy) is 2. The highest BCUT2D eigenvalue weighted by Crippen LogP contribution is 2.20. The number of unbranched alkanes of at least 4 members (excludes halogenated alkanes) is 63. The van der Waals surface area contributed by atoms with Crippen LogP contribution in [0, 0.1) is 0 Å². The average molecular weight is 1200 g/mol. The minimum Gasteiger partial charge on any atom is -0.462 e. The third-order valence-corrected chi connectivity index (χ3v) is 18.5. The normalized spacial score (nSPS) is 12.2. The van der Waals surface area contributed by atoms with E-state index in [9.17, 15) is 14.7 Å². The molecule has 1 atom stereocenters. The van der Waals surface area contributed by atoms with Gasteiger partial charge < -0.3 is 14.6 Å². The van der Waals surface area contributed by atoms with Crippen molar-refractivity contribution in [2.24, 2.45) is 0 Å². The molecule has 1 N–H and O–H groups in total. The maximum atomic E-state index is 12.4. The highest BCUT2D eigenvalue weighted by molar-refractivity contribution is 5.70. The molecule has 85 heavy (non-hydrogen) atoms. The molecular weight excluding hydrogens is 1040 g/mol. The molecule has 1 unspecified atom stereocenters. The molecule has 0 aromatic heterocycles. The Morgan fingerprint density at radius 3 is 0.694 bits per heavy atom. The smallest absolute Gasteiger partial charge is 0.306 e. The molecule has 5 heteroatoms. The van der Waals surface area contributed by atoms with Gasteiger partial charge in [0.05, 0.1) is 6.61 Å². The summed E-state index contributed by atoms with van der Waals surface area (Å²) >= 11 is 0. The molecule has 0 heterocycles. The standard InChI is InChI=1S/C80H154O5/c1-3-5-7-9-11-13-15-17-19-21-23-25-27-29-31-33-35-37-39-41-42-44-46-48-50-52-54-56-58-60-62-64-66-68-70-72-74-79(82)84-77-78(76-81)85-80(83)75-73-71-69-67-65-63-61-59-57-55-53-51-49-47-45-43-40-38-36-34-32-30-28-26-24-22-20-18-16-14-12-10-8-6-4-2/h16,18,22,24,78,81H,3-15,17,19-21,23,25-77H2,1-2H3/b18-16-,24-22-. The number of rotatable bonds is 75. The van der Waals surface area contributed by atoms with Gasteiger partial charge in [-0.05, 0) is 44.9 Å². The van der Waals surface area contributed by atoms with Crippen LogP contribution in [-0.4, -0.2) is 36.4 Å². The Morgan fingerprint density at radius 2 is 0.471 bits per heavy atom. The minimum atomic E-state index is -0.768. The second kappa shape index (κ2) is 76.6. The van der Waals surface area contributed by atoms with Crippen molar-refractivity contribution in [2.75, 3.05) is 13.2 Å². The molecule has 0 rings (SSSR count). The van der Waals surface area contributed by atoms with E-state index >= 15 is 0 Å². The predicted octanol–water partition coefficient (Wildman–Crippen LogP) is 27.5. The van der Waals surface area contributed by atoms with Crippen LogP contribution in [0.4, 0.5) is 0 Å². The lowest BCUT2D eigenvalue weighted by Crippen LogP contribution is -2.28. The summed E-state index contributed by atoms with van der Waals surface area (Å²) in [6.45, 7) is 4.21. The molecule has 0 spiro atoms. The van der Waals surface area contributed by atoms with Gasteiger partial charge in [-0.3, -0.25) is 9.59 Å². The van der Waals surface area contributed by atoms with Gasteiger partial charge in [0.25, 0.3) is 0 Å².